The van der Waals surface area contributed by atoms with Gasteiger partial charge in [-0.2, -0.15) is 5.26 Å². The summed E-state index contributed by atoms with van der Waals surface area (Å²) < 4.78 is 26.6. The lowest BCUT2D eigenvalue weighted by molar-refractivity contribution is -0.149. The van der Waals surface area contributed by atoms with Crippen molar-refractivity contribution < 1.29 is 23.5 Å². The van der Waals surface area contributed by atoms with Gasteiger partial charge in [-0.05, 0) is 20.8 Å². The molecule has 2 saturated heterocycles. The van der Waals surface area contributed by atoms with Crippen molar-refractivity contribution in [1.82, 2.24) is 9.80 Å². The number of nitrogens with two attached hydrogens (primary N) is 1. The number of likely N-dealkylation sites (tertiary alicyclic amines) is 2. The lowest BCUT2D eigenvalue weighted by Gasteiger charge is -2.40. The van der Waals surface area contributed by atoms with E-state index in [2.05, 4.69) is 6.07 Å². The number of nitrogen functional groups attached to an aromatic ring is 1. The average molecular weight is 453 g/mol. The Morgan fingerprint density at radius 2 is 1.84 bits per heavy atom. The molecule has 2 aliphatic heterocycles. The molecule has 0 aromatic carbocycles. The second kappa shape index (κ2) is 8.91. The van der Waals surface area contributed by atoms with Gasteiger partial charge in [-0.15, -0.1) is 11.3 Å². The Bertz CT molecular complexity index is 860. The van der Waals surface area contributed by atoms with Gasteiger partial charge in [-0.3, -0.25) is 4.79 Å². The van der Waals surface area contributed by atoms with Crippen molar-refractivity contribution in [3.8, 4) is 11.8 Å². The second-order valence-electron chi connectivity index (χ2n) is 9.00. The van der Waals surface area contributed by atoms with E-state index in [1.165, 1.54) is 21.1 Å². The number of anilines is 1. The molecule has 0 saturated carbocycles. The molecule has 0 unspecified atom stereocenters. The van der Waals surface area contributed by atoms with Gasteiger partial charge >= 0.3 is 6.09 Å². The van der Waals surface area contributed by atoms with Crippen LogP contribution in [-0.4, -0.2) is 65.4 Å². The van der Waals surface area contributed by atoms with E-state index in [1.807, 2.05) is 0 Å². The molecule has 3 heterocycles. The molecule has 0 spiro atoms. The zero-order valence-electron chi connectivity index (χ0n) is 18.1. The van der Waals surface area contributed by atoms with Gasteiger partial charge in [0.25, 0.3) is 5.91 Å². The van der Waals surface area contributed by atoms with Gasteiger partial charge in [0.2, 0.25) is 0 Å². The van der Waals surface area contributed by atoms with Crippen LogP contribution in [0.5, 0.6) is 5.75 Å². The molecule has 2 amide bonds. The molecular formula is C21H29FN4O4S. The van der Waals surface area contributed by atoms with Crippen LogP contribution in [0.2, 0.25) is 0 Å². The maximum absolute atomic E-state index is 15.4. The fraction of sp³-hybridized carbons (Fsp3) is 0.667. The smallest absolute Gasteiger partial charge is 0.410 e. The van der Waals surface area contributed by atoms with Crippen molar-refractivity contribution in [1.29, 1.82) is 5.26 Å². The fourth-order valence-electron chi connectivity index (χ4n) is 3.78. The predicted molar refractivity (Wildman–Crippen MR) is 115 cm³/mol. The highest BCUT2D eigenvalue weighted by molar-refractivity contribution is 7.16. The van der Waals surface area contributed by atoms with Gasteiger partial charge in [0.15, 0.2) is 11.4 Å². The minimum atomic E-state index is -1.97. The molecule has 2 fully saturated rings. The fourth-order valence-corrected chi connectivity index (χ4v) is 4.44. The van der Waals surface area contributed by atoms with Gasteiger partial charge in [-0.25, -0.2) is 9.18 Å². The van der Waals surface area contributed by atoms with Crippen LogP contribution in [0.15, 0.2) is 6.07 Å². The molecule has 1 aromatic heterocycles. The van der Waals surface area contributed by atoms with Gasteiger partial charge in [0.1, 0.15) is 22.7 Å². The van der Waals surface area contributed by atoms with Gasteiger partial charge in [-0.1, -0.05) is 0 Å². The van der Waals surface area contributed by atoms with Crippen molar-refractivity contribution >= 4 is 28.3 Å². The topological polar surface area (TPSA) is 109 Å². The number of hydrogen-bond donors (Lipinski definition) is 1. The third-order valence-corrected chi connectivity index (χ3v) is 6.28. The zero-order valence-corrected chi connectivity index (χ0v) is 19.0. The van der Waals surface area contributed by atoms with Crippen molar-refractivity contribution in [3.63, 3.8) is 0 Å². The molecule has 0 radical (unpaired) electrons. The largest absolute Gasteiger partial charge is 0.488 e. The Morgan fingerprint density at radius 1 is 1.23 bits per heavy atom. The van der Waals surface area contributed by atoms with E-state index in [-0.39, 0.29) is 32.0 Å². The summed E-state index contributed by atoms with van der Waals surface area (Å²) >= 11 is 1.17. The number of amides is 2. The maximum atomic E-state index is 15.4. The number of alkyl halides is 1. The lowest BCUT2D eigenvalue weighted by atomic mass is 9.91. The number of nitriles is 1. The number of hydrogen-bond acceptors (Lipinski definition) is 7. The third kappa shape index (κ3) is 5.58. The molecule has 2 N–H and O–H groups in total. The Labute approximate surface area is 185 Å². The first-order valence-corrected chi connectivity index (χ1v) is 11.2. The average Bonchev–Trinajstić information content (AvgIpc) is 3.06. The lowest BCUT2D eigenvalue weighted by Crippen LogP contribution is -2.55. The van der Waals surface area contributed by atoms with Crippen molar-refractivity contribution in [2.24, 2.45) is 0 Å². The van der Waals surface area contributed by atoms with E-state index >= 15 is 4.39 Å². The summed E-state index contributed by atoms with van der Waals surface area (Å²) in [4.78, 5) is 28.5. The predicted octanol–water partition coefficient (Wildman–Crippen LogP) is 3.31. The number of halogens is 1. The minimum Gasteiger partial charge on any atom is -0.488 e. The summed E-state index contributed by atoms with van der Waals surface area (Å²) in [5.74, 6) is -0.0569. The Morgan fingerprint density at radius 3 is 2.39 bits per heavy atom. The Hall–Kier alpha value is -2.54. The first kappa shape index (κ1) is 23.1. The van der Waals surface area contributed by atoms with Gasteiger partial charge in [0, 0.05) is 57.9 Å². The van der Waals surface area contributed by atoms with Crippen LogP contribution in [0.25, 0.3) is 0 Å². The summed E-state index contributed by atoms with van der Waals surface area (Å²) in [6, 6.07) is 3.70. The van der Waals surface area contributed by atoms with E-state index in [0.717, 1.165) is 0 Å². The van der Waals surface area contributed by atoms with Crippen LogP contribution in [-0.2, 0) is 9.53 Å². The number of piperidine rings is 2. The number of rotatable bonds is 3. The highest BCUT2D eigenvalue weighted by Gasteiger charge is 2.46. The molecule has 170 valence electrons. The summed E-state index contributed by atoms with van der Waals surface area (Å²) in [7, 11) is 0. The SMILES string of the molecule is CC(C)(C)OC(=O)N1CCC(F)(C(=O)N2CCC(Oc3cc(N)sc3C#N)CC2)CC1. The normalized spacial score (nSPS) is 19.6. The molecule has 1 aromatic rings. The summed E-state index contributed by atoms with van der Waals surface area (Å²) in [6.45, 7) is 6.39. The number of thiophene rings is 1. The van der Waals surface area contributed by atoms with Crippen LogP contribution in [0.3, 0.4) is 0 Å². The highest BCUT2D eigenvalue weighted by Crippen LogP contribution is 2.34. The standard InChI is InChI=1S/C21H29FN4O4S/c1-20(2,3)30-19(28)26-10-6-21(22,7-11-26)18(27)25-8-4-14(5-9-25)29-15-12-17(24)31-16(15)13-23/h12,14H,4-11,24H2,1-3H3. The van der Waals surface area contributed by atoms with Crippen molar-refractivity contribution in [2.45, 2.75) is 63.8 Å². The van der Waals surface area contributed by atoms with E-state index in [0.29, 0.717) is 41.6 Å². The molecule has 2 aliphatic rings. The van der Waals surface area contributed by atoms with Crippen LogP contribution in [0, 0.1) is 11.3 Å². The molecule has 3 rings (SSSR count). The molecule has 0 bridgehead atoms. The number of carbonyl (C=O) groups is 2. The van der Waals surface area contributed by atoms with E-state index in [4.69, 9.17) is 20.5 Å². The van der Waals surface area contributed by atoms with Crippen LogP contribution in [0.4, 0.5) is 14.2 Å². The van der Waals surface area contributed by atoms with E-state index in [1.54, 1.807) is 26.8 Å². The maximum Gasteiger partial charge on any atom is 0.410 e. The highest BCUT2D eigenvalue weighted by atomic mass is 32.1. The quantitative estimate of drug-likeness (QED) is 0.754. The molecule has 0 aliphatic carbocycles. The van der Waals surface area contributed by atoms with Crippen molar-refractivity contribution in [3.05, 3.63) is 10.9 Å². The van der Waals surface area contributed by atoms with Gasteiger partial charge in [0.05, 0.1) is 5.00 Å². The van der Waals surface area contributed by atoms with Crippen LogP contribution >= 0.6 is 11.3 Å². The molecule has 31 heavy (non-hydrogen) atoms. The second-order valence-corrected chi connectivity index (χ2v) is 10.1. The first-order chi connectivity index (χ1) is 14.5. The Kier molecular flexibility index (Phi) is 6.65. The zero-order chi connectivity index (χ0) is 22.8. The summed E-state index contributed by atoms with van der Waals surface area (Å²) in [5.41, 5.74) is 3.15. The first-order valence-electron chi connectivity index (χ1n) is 10.4. The minimum absolute atomic E-state index is 0.0405. The summed E-state index contributed by atoms with van der Waals surface area (Å²) in [5, 5.41) is 9.67. The Balaban J connectivity index is 1.50. The van der Waals surface area contributed by atoms with E-state index in [9.17, 15) is 9.59 Å². The van der Waals surface area contributed by atoms with Crippen LogP contribution in [0.1, 0.15) is 51.3 Å². The van der Waals surface area contributed by atoms with Crippen molar-refractivity contribution in [2.75, 3.05) is 31.9 Å². The molecule has 10 heteroatoms. The monoisotopic (exact) mass is 452 g/mol. The number of ether oxygens (including phenoxy) is 2. The number of carbonyl (C=O) groups excluding carboxylic acids is 2. The molecule has 0 atom stereocenters. The van der Waals surface area contributed by atoms with Gasteiger partial charge < -0.3 is 25.0 Å². The number of nitrogens with zero attached hydrogens (tertiary/aromatic N) is 3. The van der Waals surface area contributed by atoms with Crippen LogP contribution < -0.4 is 10.5 Å². The molecular weight excluding hydrogens is 423 g/mol. The summed E-state index contributed by atoms with van der Waals surface area (Å²) in [6.07, 6.45) is 0.377. The molecule has 8 nitrogen and oxygen atoms in total. The third-order valence-electron chi connectivity index (χ3n) is 5.43. The van der Waals surface area contributed by atoms with E-state index < -0.39 is 23.3 Å².